The lowest BCUT2D eigenvalue weighted by atomic mass is 9.83. The zero-order valence-corrected chi connectivity index (χ0v) is 17.0. The van der Waals surface area contributed by atoms with Gasteiger partial charge in [-0.05, 0) is 30.9 Å². The maximum absolute atomic E-state index is 12.9. The molecule has 1 aliphatic rings. The number of carbonyl (C=O) groups is 3. The molecule has 0 saturated heterocycles. The van der Waals surface area contributed by atoms with Gasteiger partial charge in [-0.25, -0.2) is 9.59 Å². The molecule has 0 bridgehead atoms. The standard InChI is InChI=1S/C22H21NO5S/c1-3-27-21(25)16-13-23(20(24)18-11-8-12-29-18)14-17(22(26)28-4-2)19(16)15-9-6-5-7-10-15/h5-14,19H,3-4H2,1-2H3. The van der Waals surface area contributed by atoms with Crippen molar-refractivity contribution in [3.63, 3.8) is 0 Å². The quantitative estimate of drug-likeness (QED) is 0.675. The summed E-state index contributed by atoms with van der Waals surface area (Å²) in [4.78, 5) is 40.2. The van der Waals surface area contributed by atoms with Crippen molar-refractivity contribution in [2.24, 2.45) is 0 Å². The normalized spacial score (nSPS) is 14.1. The Bertz CT molecular complexity index is 911. The molecular formula is C22H21NO5S. The van der Waals surface area contributed by atoms with E-state index >= 15 is 0 Å². The van der Waals surface area contributed by atoms with Crippen LogP contribution < -0.4 is 0 Å². The van der Waals surface area contributed by atoms with E-state index in [0.29, 0.717) is 4.88 Å². The predicted octanol–water partition coefficient (Wildman–Crippen LogP) is 3.88. The summed E-state index contributed by atoms with van der Waals surface area (Å²) in [6.45, 7) is 3.76. The van der Waals surface area contributed by atoms with E-state index in [2.05, 4.69) is 0 Å². The third kappa shape index (κ3) is 4.46. The first kappa shape index (κ1) is 20.5. The van der Waals surface area contributed by atoms with Crippen molar-refractivity contribution < 1.29 is 23.9 Å². The van der Waals surface area contributed by atoms with Gasteiger partial charge in [-0.3, -0.25) is 9.69 Å². The van der Waals surface area contributed by atoms with Crippen molar-refractivity contribution in [2.75, 3.05) is 13.2 Å². The zero-order valence-electron chi connectivity index (χ0n) is 16.2. The molecule has 1 aromatic carbocycles. The van der Waals surface area contributed by atoms with Gasteiger partial charge in [0.1, 0.15) is 0 Å². The Labute approximate surface area is 173 Å². The predicted molar refractivity (Wildman–Crippen MR) is 109 cm³/mol. The average Bonchev–Trinajstić information content (AvgIpc) is 3.28. The molecule has 0 atom stereocenters. The number of esters is 2. The highest BCUT2D eigenvalue weighted by Gasteiger charge is 2.36. The molecule has 0 radical (unpaired) electrons. The van der Waals surface area contributed by atoms with Crippen molar-refractivity contribution in [3.8, 4) is 0 Å². The smallest absolute Gasteiger partial charge is 0.336 e. The van der Waals surface area contributed by atoms with Gasteiger partial charge in [0.25, 0.3) is 5.91 Å². The van der Waals surface area contributed by atoms with Crippen LogP contribution in [0.5, 0.6) is 0 Å². The highest BCUT2D eigenvalue weighted by Crippen LogP contribution is 2.37. The van der Waals surface area contributed by atoms with Gasteiger partial charge < -0.3 is 9.47 Å². The van der Waals surface area contributed by atoms with E-state index in [1.165, 1.54) is 28.6 Å². The molecule has 7 heteroatoms. The van der Waals surface area contributed by atoms with Crippen molar-refractivity contribution in [2.45, 2.75) is 19.8 Å². The highest BCUT2D eigenvalue weighted by atomic mass is 32.1. The van der Waals surface area contributed by atoms with E-state index in [1.54, 1.807) is 31.4 Å². The van der Waals surface area contributed by atoms with E-state index in [4.69, 9.17) is 9.47 Å². The summed E-state index contributed by atoms with van der Waals surface area (Å²) in [7, 11) is 0. The van der Waals surface area contributed by atoms with Crippen molar-refractivity contribution >= 4 is 29.2 Å². The molecule has 6 nitrogen and oxygen atoms in total. The number of rotatable bonds is 6. The van der Waals surface area contributed by atoms with E-state index in [9.17, 15) is 14.4 Å². The van der Waals surface area contributed by atoms with Crippen molar-refractivity contribution in [1.82, 2.24) is 4.90 Å². The fraction of sp³-hybridized carbons (Fsp3) is 0.227. The molecule has 2 heterocycles. The van der Waals surface area contributed by atoms with E-state index in [0.717, 1.165) is 5.56 Å². The number of thiophene rings is 1. The van der Waals surface area contributed by atoms with E-state index in [-0.39, 0.29) is 30.3 Å². The number of benzene rings is 1. The summed E-state index contributed by atoms with van der Waals surface area (Å²) >= 11 is 1.28. The van der Waals surface area contributed by atoms with Crippen LogP contribution >= 0.6 is 11.3 Å². The second-order valence-corrected chi connectivity index (χ2v) is 7.09. The molecule has 0 unspecified atom stereocenters. The van der Waals surface area contributed by atoms with Crippen molar-refractivity contribution in [3.05, 3.63) is 81.8 Å². The lowest BCUT2D eigenvalue weighted by molar-refractivity contribution is -0.139. The van der Waals surface area contributed by atoms with Crippen LogP contribution in [0.2, 0.25) is 0 Å². The summed E-state index contributed by atoms with van der Waals surface area (Å²) in [5.74, 6) is -2.20. The summed E-state index contributed by atoms with van der Waals surface area (Å²) in [5.41, 5.74) is 1.14. The minimum absolute atomic E-state index is 0.176. The highest BCUT2D eigenvalue weighted by molar-refractivity contribution is 7.12. The molecule has 0 aliphatic carbocycles. The van der Waals surface area contributed by atoms with Gasteiger partial charge in [0.2, 0.25) is 0 Å². The molecule has 0 N–H and O–H groups in total. The Morgan fingerprint density at radius 3 is 1.97 bits per heavy atom. The molecule has 3 rings (SSSR count). The maximum Gasteiger partial charge on any atom is 0.336 e. The number of nitrogens with zero attached hydrogens (tertiary/aromatic N) is 1. The van der Waals surface area contributed by atoms with E-state index in [1.807, 2.05) is 30.3 Å². The SMILES string of the molecule is CCOC(=O)C1=CN(C(=O)c2cccs2)C=C(C(=O)OCC)C1c1ccccc1. The van der Waals surface area contributed by atoms with Gasteiger partial charge >= 0.3 is 11.9 Å². The zero-order chi connectivity index (χ0) is 20.8. The fourth-order valence-corrected chi connectivity index (χ4v) is 3.74. The second-order valence-electron chi connectivity index (χ2n) is 6.14. The first-order valence-electron chi connectivity index (χ1n) is 9.25. The number of amides is 1. The lowest BCUT2D eigenvalue weighted by Crippen LogP contribution is -2.32. The molecule has 1 aliphatic heterocycles. The molecule has 2 aromatic rings. The van der Waals surface area contributed by atoms with Crippen LogP contribution in [0.3, 0.4) is 0 Å². The number of carbonyl (C=O) groups excluding carboxylic acids is 3. The van der Waals surface area contributed by atoms with Gasteiger partial charge in [-0.1, -0.05) is 36.4 Å². The molecule has 150 valence electrons. The summed E-state index contributed by atoms with van der Waals surface area (Å²) in [6.07, 6.45) is 2.89. The Balaban J connectivity index is 2.12. The second kappa shape index (κ2) is 9.34. The largest absolute Gasteiger partial charge is 0.463 e. The van der Waals surface area contributed by atoms with Crippen LogP contribution in [0.15, 0.2) is 71.4 Å². The minimum atomic E-state index is -0.693. The topological polar surface area (TPSA) is 72.9 Å². The summed E-state index contributed by atoms with van der Waals surface area (Å²) in [6, 6.07) is 12.6. The Hall–Kier alpha value is -3.19. The van der Waals surface area contributed by atoms with Gasteiger partial charge in [0, 0.05) is 12.4 Å². The van der Waals surface area contributed by atoms with Gasteiger partial charge in [0.05, 0.1) is 35.2 Å². The van der Waals surface area contributed by atoms with Gasteiger partial charge in [0.15, 0.2) is 0 Å². The van der Waals surface area contributed by atoms with E-state index < -0.39 is 17.9 Å². The molecular weight excluding hydrogens is 390 g/mol. The maximum atomic E-state index is 12.9. The van der Waals surface area contributed by atoms with Crippen LogP contribution in [-0.2, 0) is 19.1 Å². The Morgan fingerprint density at radius 2 is 1.48 bits per heavy atom. The van der Waals surface area contributed by atoms with Gasteiger partial charge in [-0.15, -0.1) is 11.3 Å². The number of hydrogen-bond acceptors (Lipinski definition) is 6. The molecule has 0 saturated carbocycles. The molecule has 29 heavy (non-hydrogen) atoms. The monoisotopic (exact) mass is 411 g/mol. The first-order chi connectivity index (χ1) is 14.1. The third-order valence-corrected chi connectivity index (χ3v) is 5.16. The van der Waals surface area contributed by atoms with Crippen LogP contribution in [-0.4, -0.2) is 36.0 Å². The van der Waals surface area contributed by atoms with Crippen molar-refractivity contribution in [1.29, 1.82) is 0 Å². The van der Waals surface area contributed by atoms with Crippen LogP contribution in [0.4, 0.5) is 0 Å². The Kier molecular flexibility index (Phi) is 6.61. The molecule has 0 fully saturated rings. The molecule has 1 amide bonds. The average molecular weight is 411 g/mol. The minimum Gasteiger partial charge on any atom is -0.463 e. The van der Waals surface area contributed by atoms with Crippen LogP contribution in [0.25, 0.3) is 0 Å². The Morgan fingerprint density at radius 1 is 0.897 bits per heavy atom. The molecule has 0 spiro atoms. The first-order valence-corrected chi connectivity index (χ1v) is 10.1. The van der Waals surface area contributed by atoms with Crippen LogP contribution in [0.1, 0.15) is 35.0 Å². The van der Waals surface area contributed by atoms with Crippen LogP contribution in [0, 0.1) is 0 Å². The molecule has 1 aromatic heterocycles. The fourth-order valence-electron chi connectivity index (χ4n) is 3.07. The summed E-state index contributed by atoms with van der Waals surface area (Å²) in [5, 5.41) is 1.79. The number of hydrogen-bond donors (Lipinski definition) is 0. The third-order valence-electron chi connectivity index (χ3n) is 4.30. The number of ether oxygens (including phenoxy) is 2. The van der Waals surface area contributed by atoms with Gasteiger partial charge in [-0.2, -0.15) is 0 Å². The summed E-state index contributed by atoms with van der Waals surface area (Å²) < 4.78 is 10.4. The lowest BCUT2D eigenvalue weighted by Gasteiger charge is -2.29.